The van der Waals surface area contributed by atoms with E-state index in [1.165, 1.54) is 48.9 Å². The summed E-state index contributed by atoms with van der Waals surface area (Å²) in [4.78, 5) is 34.1. The molecule has 0 spiro atoms. The van der Waals surface area contributed by atoms with E-state index >= 15 is 0 Å². The number of anilines is 1. The summed E-state index contributed by atoms with van der Waals surface area (Å²) in [6.45, 7) is 9.57. The minimum atomic E-state index is -4.38. The molecule has 0 aliphatic heterocycles. The molecule has 0 fully saturated rings. The van der Waals surface area contributed by atoms with E-state index in [9.17, 15) is 18.0 Å². The van der Waals surface area contributed by atoms with E-state index in [0.717, 1.165) is 15.4 Å². The maximum Gasteiger partial charge on any atom is 0.345 e. The Morgan fingerprint density at radius 2 is 1.44 bits per heavy atom. The number of aryl methyl sites for hydroxylation is 1. The fourth-order valence-corrected chi connectivity index (χ4v) is 5.64. The molecule has 0 bridgehead atoms. The standard InChI is InChI=1S/C30H29N3O5S/c1-20-16-24(30(3,4)5)17-27(21(20)2)39(36,37)33(28(34)22-8-6-14-31-18-22)25-10-12-26(13-11-25)38-29(35)23-9-7-15-32-19-23/h6-19H,1-5H3. The average Bonchev–Trinajstić information content (AvgIpc) is 2.91. The molecule has 0 radical (unpaired) electrons. The molecular weight excluding hydrogens is 514 g/mol. The summed E-state index contributed by atoms with van der Waals surface area (Å²) < 4.78 is 34.6. The Hall–Kier alpha value is -4.37. The first-order chi connectivity index (χ1) is 18.4. The van der Waals surface area contributed by atoms with Gasteiger partial charge in [0.15, 0.2) is 0 Å². The lowest BCUT2D eigenvalue weighted by Crippen LogP contribution is -2.37. The highest BCUT2D eigenvalue weighted by atomic mass is 32.2. The van der Waals surface area contributed by atoms with Crippen molar-refractivity contribution in [2.45, 2.75) is 44.9 Å². The van der Waals surface area contributed by atoms with Gasteiger partial charge in [-0.15, -0.1) is 0 Å². The third-order valence-electron chi connectivity index (χ3n) is 6.28. The fraction of sp³-hybridized carbons (Fsp3) is 0.200. The fourth-order valence-electron chi connectivity index (χ4n) is 3.90. The summed E-state index contributed by atoms with van der Waals surface area (Å²) >= 11 is 0. The molecule has 0 N–H and O–H groups in total. The molecule has 0 unspecified atom stereocenters. The number of hydrogen-bond donors (Lipinski definition) is 0. The van der Waals surface area contributed by atoms with E-state index in [0.29, 0.717) is 5.56 Å². The zero-order chi connectivity index (χ0) is 28.4. The molecule has 8 nitrogen and oxygen atoms in total. The number of carbonyl (C=O) groups excluding carboxylic acids is 2. The number of nitrogens with zero attached hydrogens (tertiary/aromatic N) is 3. The van der Waals surface area contributed by atoms with Gasteiger partial charge in [-0.3, -0.25) is 14.8 Å². The first-order valence-corrected chi connectivity index (χ1v) is 13.7. The van der Waals surface area contributed by atoms with E-state index in [1.807, 2.05) is 33.8 Å². The molecule has 4 rings (SSSR count). The summed E-state index contributed by atoms with van der Waals surface area (Å²) in [5, 5.41) is 0. The van der Waals surface area contributed by atoms with Crippen LogP contribution < -0.4 is 9.04 Å². The molecule has 1 amide bonds. The van der Waals surface area contributed by atoms with Gasteiger partial charge in [0.2, 0.25) is 0 Å². The minimum absolute atomic E-state index is 0.0387. The van der Waals surface area contributed by atoms with Gasteiger partial charge >= 0.3 is 5.97 Å². The normalized spacial score (nSPS) is 11.6. The van der Waals surface area contributed by atoms with Gasteiger partial charge in [-0.1, -0.05) is 26.8 Å². The number of esters is 1. The van der Waals surface area contributed by atoms with Crippen LogP contribution in [0.2, 0.25) is 0 Å². The molecule has 0 atom stereocenters. The van der Waals surface area contributed by atoms with Crippen LogP contribution in [0.3, 0.4) is 0 Å². The number of benzene rings is 2. The highest BCUT2D eigenvalue weighted by molar-refractivity contribution is 7.93. The van der Waals surface area contributed by atoms with E-state index in [4.69, 9.17) is 4.74 Å². The monoisotopic (exact) mass is 543 g/mol. The SMILES string of the molecule is Cc1cc(C(C)(C)C)cc(S(=O)(=O)N(C(=O)c2cccnc2)c2ccc(OC(=O)c3cccnc3)cc2)c1C. The number of sulfonamides is 1. The molecule has 0 aliphatic rings. The maximum atomic E-state index is 14.2. The number of amides is 1. The number of aromatic nitrogens is 2. The number of hydrogen-bond acceptors (Lipinski definition) is 7. The molecular formula is C30H29N3O5S. The van der Waals surface area contributed by atoms with Crippen LogP contribution in [-0.4, -0.2) is 30.3 Å². The van der Waals surface area contributed by atoms with Crippen LogP contribution in [-0.2, 0) is 15.4 Å². The first kappa shape index (κ1) is 27.7. The molecule has 0 saturated heterocycles. The number of carbonyl (C=O) groups is 2. The highest BCUT2D eigenvalue weighted by Crippen LogP contribution is 2.34. The van der Waals surface area contributed by atoms with Gasteiger partial charge in [-0.05, 0) is 90.6 Å². The lowest BCUT2D eigenvalue weighted by atomic mass is 9.85. The van der Waals surface area contributed by atoms with Crippen LogP contribution in [0.4, 0.5) is 5.69 Å². The Morgan fingerprint density at radius 1 is 0.846 bits per heavy atom. The van der Waals surface area contributed by atoms with Gasteiger partial charge in [-0.25, -0.2) is 13.2 Å². The molecule has 9 heteroatoms. The predicted octanol–water partition coefficient (Wildman–Crippen LogP) is 5.65. The van der Waals surface area contributed by atoms with E-state index < -0.39 is 21.9 Å². The Labute approximate surface area is 228 Å². The second kappa shape index (κ2) is 10.8. The lowest BCUT2D eigenvalue weighted by Gasteiger charge is -2.26. The minimum Gasteiger partial charge on any atom is -0.423 e. The number of rotatable bonds is 6. The predicted molar refractivity (Wildman–Crippen MR) is 148 cm³/mol. The third-order valence-corrected chi connectivity index (χ3v) is 8.11. The number of pyridine rings is 2. The van der Waals surface area contributed by atoms with Crippen LogP contribution >= 0.6 is 0 Å². The highest BCUT2D eigenvalue weighted by Gasteiger charge is 2.34. The smallest absolute Gasteiger partial charge is 0.345 e. The molecule has 0 aliphatic carbocycles. The third kappa shape index (κ3) is 5.88. The van der Waals surface area contributed by atoms with Crippen molar-refractivity contribution >= 4 is 27.6 Å². The van der Waals surface area contributed by atoms with Crippen molar-refractivity contribution < 1.29 is 22.7 Å². The molecule has 2 heterocycles. The van der Waals surface area contributed by atoms with Crippen molar-refractivity contribution in [3.05, 3.63) is 113 Å². The largest absolute Gasteiger partial charge is 0.423 e. The molecule has 2 aromatic heterocycles. The van der Waals surface area contributed by atoms with E-state index in [1.54, 1.807) is 37.4 Å². The molecule has 4 aromatic rings. The molecule has 200 valence electrons. The zero-order valence-corrected chi connectivity index (χ0v) is 23.2. The van der Waals surface area contributed by atoms with Crippen LogP contribution in [0.1, 0.15) is 58.2 Å². The summed E-state index contributed by atoms with van der Waals surface area (Å²) in [6, 6.07) is 15.6. The van der Waals surface area contributed by atoms with Crippen molar-refractivity contribution in [3.8, 4) is 5.75 Å². The van der Waals surface area contributed by atoms with Crippen molar-refractivity contribution in [2.24, 2.45) is 0 Å². The van der Waals surface area contributed by atoms with Crippen molar-refractivity contribution in [1.82, 2.24) is 9.97 Å². The van der Waals surface area contributed by atoms with Crippen LogP contribution in [0.15, 0.2) is 90.3 Å². The topological polar surface area (TPSA) is 107 Å². The van der Waals surface area contributed by atoms with Gasteiger partial charge in [-0.2, -0.15) is 4.31 Å². The van der Waals surface area contributed by atoms with Crippen LogP contribution in [0.25, 0.3) is 0 Å². The first-order valence-electron chi connectivity index (χ1n) is 12.2. The summed E-state index contributed by atoms with van der Waals surface area (Å²) in [5.74, 6) is -1.20. The summed E-state index contributed by atoms with van der Waals surface area (Å²) in [5.41, 5.74) is 2.32. The average molecular weight is 544 g/mol. The Bertz CT molecular complexity index is 1610. The van der Waals surface area contributed by atoms with E-state index in [-0.39, 0.29) is 32.9 Å². The second-order valence-electron chi connectivity index (χ2n) is 10.1. The van der Waals surface area contributed by atoms with Gasteiger partial charge in [0, 0.05) is 24.8 Å². The molecule has 39 heavy (non-hydrogen) atoms. The quantitative estimate of drug-likeness (QED) is 0.229. The summed E-state index contributed by atoms with van der Waals surface area (Å²) in [6.07, 6.45) is 5.74. The van der Waals surface area contributed by atoms with Crippen molar-refractivity contribution in [1.29, 1.82) is 0 Å². The van der Waals surface area contributed by atoms with Gasteiger partial charge in [0.1, 0.15) is 5.75 Å². The van der Waals surface area contributed by atoms with Crippen molar-refractivity contribution in [2.75, 3.05) is 4.31 Å². The molecule has 2 aromatic carbocycles. The van der Waals surface area contributed by atoms with Crippen LogP contribution in [0, 0.1) is 13.8 Å². The maximum absolute atomic E-state index is 14.2. The van der Waals surface area contributed by atoms with Crippen LogP contribution in [0.5, 0.6) is 5.75 Å². The Morgan fingerprint density at radius 3 is 1.97 bits per heavy atom. The molecule has 0 saturated carbocycles. The van der Waals surface area contributed by atoms with Gasteiger partial charge in [0.25, 0.3) is 15.9 Å². The lowest BCUT2D eigenvalue weighted by molar-refractivity contribution is 0.0734. The Balaban J connectivity index is 1.80. The second-order valence-corrected chi connectivity index (χ2v) is 11.9. The van der Waals surface area contributed by atoms with E-state index in [2.05, 4.69) is 9.97 Å². The summed E-state index contributed by atoms with van der Waals surface area (Å²) in [7, 11) is -4.38. The Kier molecular flexibility index (Phi) is 7.65. The van der Waals surface area contributed by atoms with Gasteiger partial charge < -0.3 is 4.74 Å². The number of ether oxygens (including phenoxy) is 1. The van der Waals surface area contributed by atoms with Gasteiger partial charge in [0.05, 0.1) is 21.7 Å². The van der Waals surface area contributed by atoms with Crippen molar-refractivity contribution in [3.63, 3.8) is 0 Å². The zero-order valence-electron chi connectivity index (χ0n) is 22.4.